The molecule has 2 aromatic rings. The molecule has 0 bridgehead atoms. The van der Waals surface area contributed by atoms with Gasteiger partial charge in [0, 0.05) is 19.0 Å². The van der Waals surface area contributed by atoms with Gasteiger partial charge in [-0.05, 0) is 24.3 Å². The van der Waals surface area contributed by atoms with Gasteiger partial charge in [-0.1, -0.05) is 0 Å². The highest BCUT2D eigenvalue weighted by atomic mass is 19.1. The normalized spacial score (nSPS) is 15.4. The number of ether oxygens (including phenoxy) is 1. The van der Waals surface area contributed by atoms with Crippen molar-refractivity contribution in [1.82, 2.24) is 15.1 Å². The lowest BCUT2D eigenvalue weighted by Crippen LogP contribution is -2.45. The number of hydrogen-bond acceptors (Lipinski definition) is 3. The minimum absolute atomic E-state index is 0.250. The Hall–Kier alpha value is -1.88. The van der Waals surface area contributed by atoms with Crippen LogP contribution in [0.25, 0.3) is 5.69 Å². The molecule has 2 heterocycles. The van der Waals surface area contributed by atoms with E-state index in [2.05, 4.69) is 10.4 Å². The van der Waals surface area contributed by atoms with Gasteiger partial charge < -0.3 is 10.1 Å². The lowest BCUT2D eigenvalue weighted by atomic mass is 10.1. The Morgan fingerprint density at radius 1 is 1.33 bits per heavy atom. The molecule has 3 rings (SSSR count). The van der Waals surface area contributed by atoms with Crippen LogP contribution in [0, 0.1) is 11.7 Å². The van der Waals surface area contributed by atoms with Crippen LogP contribution in [0.1, 0.15) is 0 Å². The van der Waals surface area contributed by atoms with Gasteiger partial charge in [0.1, 0.15) is 5.82 Å². The molecular weight excluding hydrogens is 233 g/mol. The first-order valence-corrected chi connectivity index (χ1v) is 5.95. The third-order valence-corrected chi connectivity index (χ3v) is 3.00. The number of nitrogens with one attached hydrogen (secondary N) is 1. The quantitative estimate of drug-likeness (QED) is 0.892. The van der Waals surface area contributed by atoms with Gasteiger partial charge in [0.2, 0.25) is 0 Å². The summed E-state index contributed by atoms with van der Waals surface area (Å²) in [5.74, 6) is 1.09. The Morgan fingerprint density at radius 2 is 2.11 bits per heavy atom. The van der Waals surface area contributed by atoms with Crippen LogP contribution in [0.15, 0.2) is 36.7 Å². The van der Waals surface area contributed by atoms with E-state index in [9.17, 15) is 4.39 Å². The molecule has 1 aromatic heterocycles. The third-order valence-electron chi connectivity index (χ3n) is 3.00. The zero-order valence-electron chi connectivity index (χ0n) is 9.84. The average molecular weight is 247 g/mol. The van der Waals surface area contributed by atoms with Gasteiger partial charge in [0.05, 0.1) is 24.7 Å². The number of halogens is 1. The van der Waals surface area contributed by atoms with Crippen molar-refractivity contribution in [1.29, 1.82) is 0 Å². The van der Waals surface area contributed by atoms with E-state index in [0.717, 1.165) is 24.5 Å². The van der Waals surface area contributed by atoms with E-state index in [-0.39, 0.29) is 5.82 Å². The zero-order chi connectivity index (χ0) is 12.4. The van der Waals surface area contributed by atoms with Crippen molar-refractivity contribution in [2.24, 2.45) is 5.92 Å². The Bertz CT molecular complexity index is 519. The lowest BCUT2D eigenvalue weighted by Gasteiger charge is -2.26. The van der Waals surface area contributed by atoms with E-state index >= 15 is 0 Å². The van der Waals surface area contributed by atoms with Gasteiger partial charge in [-0.2, -0.15) is 5.10 Å². The highest BCUT2D eigenvalue weighted by Crippen LogP contribution is 2.15. The summed E-state index contributed by atoms with van der Waals surface area (Å²) < 4.78 is 20.1. The molecule has 0 radical (unpaired) electrons. The monoisotopic (exact) mass is 247 g/mol. The fourth-order valence-electron chi connectivity index (χ4n) is 1.80. The van der Waals surface area contributed by atoms with Crippen molar-refractivity contribution >= 4 is 0 Å². The topological polar surface area (TPSA) is 39.1 Å². The summed E-state index contributed by atoms with van der Waals surface area (Å²) in [4.78, 5) is 0. The van der Waals surface area contributed by atoms with Crippen LogP contribution >= 0.6 is 0 Å². The molecular formula is C13H14FN3O. The molecule has 0 aliphatic carbocycles. The summed E-state index contributed by atoms with van der Waals surface area (Å²) in [6, 6.07) is 6.19. The first-order valence-electron chi connectivity index (χ1n) is 5.95. The average Bonchev–Trinajstić information content (AvgIpc) is 2.77. The molecule has 1 N–H and O–H groups in total. The smallest absolute Gasteiger partial charge is 0.157 e. The summed E-state index contributed by atoms with van der Waals surface area (Å²) in [6.07, 6.45) is 3.48. The standard InChI is InChI=1S/C13H14FN3O/c14-11-1-3-12(4-2-11)17-8-13(7-16-17)18-9-10-5-15-6-10/h1-4,7-8,10,15H,5-6,9H2. The fraction of sp³-hybridized carbons (Fsp3) is 0.308. The van der Waals surface area contributed by atoms with Crippen LogP contribution in [-0.2, 0) is 0 Å². The number of benzene rings is 1. The molecule has 1 fully saturated rings. The number of hydrogen-bond donors (Lipinski definition) is 1. The van der Waals surface area contributed by atoms with E-state index in [1.165, 1.54) is 12.1 Å². The molecule has 1 aromatic carbocycles. The van der Waals surface area contributed by atoms with Crippen LogP contribution in [-0.4, -0.2) is 29.5 Å². The number of nitrogens with zero attached hydrogens (tertiary/aromatic N) is 2. The maximum Gasteiger partial charge on any atom is 0.157 e. The lowest BCUT2D eigenvalue weighted by molar-refractivity contribution is 0.199. The van der Waals surface area contributed by atoms with Gasteiger partial charge >= 0.3 is 0 Å². The fourth-order valence-corrected chi connectivity index (χ4v) is 1.80. The second-order valence-corrected chi connectivity index (χ2v) is 4.43. The molecule has 1 aliphatic rings. The van der Waals surface area contributed by atoms with Gasteiger partial charge in [-0.3, -0.25) is 0 Å². The summed E-state index contributed by atoms with van der Waals surface area (Å²) in [5, 5.41) is 7.39. The third kappa shape index (κ3) is 2.36. The van der Waals surface area contributed by atoms with E-state index in [0.29, 0.717) is 12.5 Å². The summed E-state index contributed by atoms with van der Waals surface area (Å²) in [7, 11) is 0. The molecule has 18 heavy (non-hydrogen) atoms. The SMILES string of the molecule is Fc1ccc(-n2cc(OCC3CNC3)cn2)cc1. The highest BCUT2D eigenvalue weighted by molar-refractivity contribution is 5.32. The number of aromatic nitrogens is 2. The summed E-state index contributed by atoms with van der Waals surface area (Å²) in [6.45, 7) is 2.75. The van der Waals surface area contributed by atoms with Crippen molar-refractivity contribution in [2.75, 3.05) is 19.7 Å². The second kappa shape index (κ2) is 4.78. The minimum Gasteiger partial charge on any atom is -0.490 e. The van der Waals surface area contributed by atoms with Crippen LogP contribution < -0.4 is 10.1 Å². The molecule has 0 atom stereocenters. The van der Waals surface area contributed by atoms with Gasteiger partial charge in [0.25, 0.3) is 0 Å². The Morgan fingerprint density at radius 3 is 2.78 bits per heavy atom. The van der Waals surface area contributed by atoms with Crippen molar-refractivity contribution in [3.63, 3.8) is 0 Å². The zero-order valence-corrected chi connectivity index (χ0v) is 9.84. The van der Waals surface area contributed by atoms with E-state index in [4.69, 9.17) is 4.74 Å². The van der Waals surface area contributed by atoms with Crippen molar-refractivity contribution < 1.29 is 9.13 Å². The molecule has 5 heteroatoms. The van der Waals surface area contributed by atoms with Crippen molar-refractivity contribution in [3.8, 4) is 11.4 Å². The molecule has 0 spiro atoms. The first kappa shape index (κ1) is 11.2. The summed E-state index contributed by atoms with van der Waals surface area (Å²) >= 11 is 0. The molecule has 0 amide bonds. The molecule has 0 unspecified atom stereocenters. The van der Waals surface area contributed by atoms with Gasteiger partial charge in [-0.25, -0.2) is 9.07 Å². The Kier molecular flexibility index (Phi) is 2.98. The van der Waals surface area contributed by atoms with Crippen molar-refractivity contribution in [2.45, 2.75) is 0 Å². The largest absolute Gasteiger partial charge is 0.490 e. The maximum absolute atomic E-state index is 12.8. The maximum atomic E-state index is 12.8. The number of rotatable bonds is 4. The first-order chi connectivity index (χ1) is 8.81. The highest BCUT2D eigenvalue weighted by Gasteiger charge is 2.17. The van der Waals surface area contributed by atoms with Gasteiger partial charge in [0.15, 0.2) is 5.75 Å². The van der Waals surface area contributed by atoms with Crippen molar-refractivity contribution in [3.05, 3.63) is 42.5 Å². The van der Waals surface area contributed by atoms with E-state index < -0.39 is 0 Å². The van der Waals surface area contributed by atoms with Crippen LogP contribution in [0.5, 0.6) is 5.75 Å². The molecule has 4 nitrogen and oxygen atoms in total. The molecule has 1 aliphatic heterocycles. The molecule has 94 valence electrons. The molecule has 1 saturated heterocycles. The van der Waals surface area contributed by atoms with Gasteiger partial charge in [-0.15, -0.1) is 0 Å². The van der Waals surface area contributed by atoms with Crippen LogP contribution in [0.2, 0.25) is 0 Å². The Balaban J connectivity index is 1.66. The second-order valence-electron chi connectivity index (χ2n) is 4.43. The van der Waals surface area contributed by atoms with Crippen LogP contribution in [0.4, 0.5) is 4.39 Å². The molecule has 0 saturated carbocycles. The summed E-state index contributed by atoms with van der Waals surface area (Å²) in [5.41, 5.74) is 0.816. The van der Waals surface area contributed by atoms with E-state index in [1.807, 2.05) is 0 Å². The van der Waals surface area contributed by atoms with Crippen LogP contribution in [0.3, 0.4) is 0 Å². The predicted molar refractivity (Wildman–Crippen MR) is 65.4 cm³/mol. The van der Waals surface area contributed by atoms with E-state index in [1.54, 1.807) is 29.2 Å². The minimum atomic E-state index is -0.250. The predicted octanol–water partition coefficient (Wildman–Crippen LogP) is 1.61. The Labute approximate surface area is 104 Å².